The van der Waals surface area contributed by atoms with E-state index in [2.05, 4.69) is 5.32 Å². The first kappa shape index (κ1) is 14.5. The van der Waals surface area contributed by atoms with Crippen molar-refractivity contribution in [2.24, 2.45) is 0 Å². The number of para-hydroxylation sites is 2. The maximum absolute atomic E-state index is 12.4. The molecule has 3 N–H and O–H groups in total. The Labute approximate surface area is 123 Å². The number of carbonyl (C=O) groups excluding carboxylic acids is 1. The molecule has 6 heteroatoms. The van der Waals surface area contributed by atoms with Crippen LogP contribution in [0.1, 0.15) is 13.3 Å². The third kappa shape index (κ3) is 2.54. The number of nitrogens with zero attached hydrogens (tertiary/aromatic N) is 1. The fourth-order valence-corrected chi connectivity index (χ4v) is 2.56. The van der Waals surface area contributed by atoms with Gasteiger partial charge in [-0.15, -0.1) is 0 Å². The van der Waals surface area contributed by atoms with Crippen molar-refractivity contribution in [1.82, 2.24) is 4.90 Å². The van der Waals surface area contributed by atoms with Crippen molar-refractivity contribution in [1.29, 1.82) is 0 Å². The van der Waals surface area contributed by atoms with Crippen LogP contribution in [0.25, 0.3) is 0 Å². The van der Waals surface area contributed by atoms with Gasteiger partial charge in [-0.05, 0) is 19.1 Å². The maximum Gasteiger partial charge on any atom is 0.353 e. The van der Waals surface area contributed by atoms with Crippen LogP contribution in [0.4, 0.5) is 11.4 Å². The SMILES string of the molecule is CCOC(=O)C1(Nc2ccccc2N)CC(Cl)=CN1C. The molecule has 0 aromatic heterocycles. The van der Waals surface area contributed by atoms with E-state index < -0.39 is 5.66 Å². The molecular weight excluding hydrogens is 278 g/mol. The Morgan fingerprint density at radius 1 is 1.55 bits per heavy atom. The van der Waals surface area contributed by atoms with Crippen LogP contribution >= 0.6 is 11.6 Å². The molecule has 0 fully saturated rings. The number of ether oxygens (including phenoxy) is 1. The van der Waals surface area contributed by atoms with Crippen LogP contribution in [0.15, 0.2) is 35.5 Å². The molecule has 0 saturated carbocycles. The van der Waals surface area contributed by atoms with E-state index in [1.54, 1.807) is 31.1 Å². The van der Waals surface area contributed by atoms with Crippen LogP contribution in [-0.2, 0) is 9.53 Å². The number of nitrogens with two attached hydrogens (primary N) is 1. The Bertz CT molecular complexity index is 547. The summed E-state index contributed by atoms with van der Waals surface area (Å²) >= 11 is 6.08. The third-order valence-electron chi connectivity index (χ3n) is 3.28. The van der Waals surface area contributed by atoms with Crippen molar-refractivity contribution in [3.05, 3.63) is 35.5 Å². The van der Waals surface area contributed by atoms with Crippen LogP contribution < -0.4 is 11.1 Å². The molecule has 1 heterocycles. The van der Waals surface area contributed by atoms with E-state index in [4.69, 9.17) is 22.1 Å². The number of esters is 1. The Kier molecular flexibility index (Phi) is 4.09. The molecule has 0 spiro atoms. The fraction of sp³-hybridized carbons (Fsp3) is 0.357. The van der Waals surface area contributed by atoms with Gasteiger partial charge in [0.1, 0.15) is 0 Å². The quantitative estimate of drug-likeness (QED) is 0.659. The molecule has 2 rings (SSSR count). The summed E-state index contributed by atoms with van der Waals surface area (Å²) in [6, 6.07) is 7.27. The van der Waals surface area contributed by atoms with Crippen LogP contribution in [0.3, 0.4) is 0 Å². The molecular formula is C14H18ClN3O2. The second-order valence-electron chi connectivity index (χ2n) is 4.66. The number of likely N-dealkylation sites (N-methyl/N-ethyl adjacent to an activating group) is 1. The molecule has 0 saturated heterocycles. The van der Waals surface area contributed by atoms with Crippen LogP contribution in [0.2, 0.25) is 0 Å². The van der Waals surface area contributed by atoms with Crippen molar-refractivity contribution >= 4 is 28.9 Å². The van der Waals surface area contributed by atoms with Crippen LogP contribution in [-0.4, -0.2) is 30.2 Å². The van der Waals surface area contributed by atoms with E-state index in [1.807, 2.05) is 18.2 Å². The Morgan fingerprint density at radius 3 is 2.80 bits per heavy atom. The summed E-state index contributed by atoms with van der Waals surface area (Å²) in [5, 5.41) is 3.76. The zero-order valence-corrected chi connectivity index (χ0v) is 12.3. The van der Waals surface area contributed by atoms with Crippen molar-refractivity contribution < 1.29 is 9.53 Å². The monoisotopic (exact) mass is 295 g/mol. The van der Waals surface area contributed by atoms with E-state index in [9.17, 15) is 4.79 Å². The Balaban J connectivity index is 2.34. The van der Waals surface area contributed by atoms with Gasteiger partial charge in [-0.2, -0.15) is 0 Å². The molecule has 1 aliphatic heterocycles. The summed E-state index contributed by atoms with van der Waals surface area (Å²) in [7, 11) is 1.78. The van der Waals surface area contributed by atoms with E-state index in [0.29, 0.717) is 29.4 Å². The first-order valence-electron chi connectivity index (χ1n) is 6.38. The number of halogens is 1. The minimum atomic E-state index is -1.05. The second kappa shape index (κ2) is 5.63. The highest BCUT2D eigenvalue weighted by Gasteiger charge is 2.47. The lowest BCUT2D eigenvalue weighted by molar-refractivity contribution is -0.153. The molecule has 0 aliphatic carbocycles. The van der Waals surface area contributed by atoms with Crippen molar-refractivity contribution in [3.63, 3.8) is 0 Å². The fourth-order valence-electron chi connectivity index (χ4n) is 2.22. The van der Waals surface area contributed by atoms with Gasteiger partial charge >= 0.3 is 5.97 Å². The molecule has 5 nitrogen and oxygen atoms in total. The molecule has 1 aromatic rings. The van der Waals surface area contributed by atoms with E-state index in [-0.39, 0.29) is 5.97 Å². The topological polar surface area (TPSA) is 67.6 Å². The van der Waals surface area contributed by atoms with Gasteiger partial charge < -0.3 is 20.7 Å². The number of benzene rings is 1. The predicted molar refractivity (Wildman–Crippen MR) is 80.2 cm³/mol. The third-order valence-corrected chi connectivity index (χ3v) is 3.51. The molecule has 1 aliphatic rings. The average Bonchev–Trinajstić information content (AvgIpc) is 2.68. The molecule has 1 atom stereocenters. The normalized spacial score (nSPS) is 21.6. The van der Waals surface area contributed by atoms with Gasteiger partial charge in [0.2, 0.25) is 5.66 Å². The van der Waals surface area contributed by atoms with Gasteiger partial charge in [-0.25, -0.2) is 4.79 Å². The lowest BCUT2D eigenvalue weighted by atomic mass is 10.1. The summed E-state index contributed by atoms with van der Waals surface area (Å²) in [6.07, 6.45) is 2.04. The smallest absolute Gasteiger partial charge is 0.353 e. The lowest BCUT2D eigenvalue weighted by Gasteiger charge is -2.36. The second-order valence-corrected chi connectivity index (χ2v) is 5.14. The van der Waals surface area contributed by atoms with Crippen LogP contribution in [0.5, 0.6) is 0 Å². The number of carbonyl (C=O) groups is 1. The van der Waals surface area contributed by atoms with Crippen molar-refractivity contribution in [2.45, 2.75) is 19.0 Å². The summed E-state index contributed by atoms with van der Waals surface area (Å²) in [5.74, 6) is -0.377. The molecule has 0 radical (unpaired) electrons. The summed E-state index contributed by atoms with van der Waals surface area (Å²) in [5.41, 5.74) is 6.11. The summed E-state index contributed by atoms with van der Waals surface area (Å²) < 4.78 is 5.18. The van der Waals surface area contributed by atoms with E-state index >= 15 is 0 Å². The highest BCUT2D eigenvalue weighted by atomic mass is 35.5. The van der Waals surface area contributed by atoms with Gasteiger partial charge in [0, 0.05) is 24.7 Å². The number of nitrogen functional groups attached to an aromatic ring is 1. The van der Waals surface area contributed by atoms with Gasteiger partial charge in [0.25, 0.3) is 0 Å². The average molecular weight is 296 g/mol. The molecule has 108 valence electrons. The minimum Gasteiger partial charge on any atom is -0.463 e. The number of nitrogens with one attached hydrogen (secondary N) is 1. The van der Waals surface area contributed by atoms with Gasteiger partial charge in [-0.1, -0.05) is 23.7 Å². The standard InChI is InChI=1S/C14H18ClN3O2/c1-3-20-13(19)14(8-10(15)9-18(14)2)17-12-7-5-4-6-11(12)16/h4-7,9,17H,3,8,16H2,1-2H3. The maximum atomic E-state index is 12.4. The lowest BCUT2D eigenvalue weighted by Crippen LogP contribution is -2.55. The molecule has 1 aromatic carbocycles. The number of hydrogen-bond acceptors (Lipinski definition) is 5. The molecule has 0 bridgehead atoms. The minimum absolute atomic E-state index is 0.304. The Hall–Kier alpha value is -1.88. The van der Waals surface area contributed by atoms with E-state index in [0.717, 1.165) is 0 Å². The highest BCUT2D eigenvalue weighted by molar-refractivity contribution is 6.30. The molecule has 20 heavy (non-hydrogen) atoms. The van der Waals surface area contributed by atoms with E-state index in [1.165, 1.54) is 0 Å². The van der Waals surface area contributed by atoms with Gasteiger partial charge in [0.15, 0.2) is 0 Å². The van der Waals surface area contributed by atoms with Gasteiger partial charge in [0.05, 0.1) is 18.0 Å². The molecule has 1 unspecified atom stereocenters. The summed E-state index contributed by atoms with van der Waals surface area (Å²) in [4.78, 5) is 14.1. The number of rotatable bonds is 4. The first-order valence-corrected chi connectivity index (χ1v) is 6.76. The number of hydrogen-bond donors (Lipinski definition) is 2. The predicted octanol–water partition coefficient (Wildman–Crippen LogP) is 2.36. The Morgan fingerprint density at radius 2 is 2.25 bits per heavy atom. The largest absolute Gasteiger partial charge is 0.463 e. The highest BCUT2D eigenvalue weighted by Crippen LogP contribution is 2.36. The number of anilines is 2. The zero-order chi connectivity index (χ0) is 14.8. The van der Waals surface area contributed by atoms with Crippen molar-refractivity contribution in [3.8, 4) is 0 Å². The zero-order valence-electron chi connectivity index (χ0n) is 11.5. The van der Waals surface area contributed by atoms with Crippen molar-refractivity contribution in [2.75, 3.05) is 24.7 Å². The van der Waals surface area contributed by atoms with Gasteiger partial charge in [-0.3, -0.25) is 0 Å². The summed E-state index contributed by atoms with van der Waals surface area (Å²) in [6.45, 7) is 2.07. The van der Waals surface area contributed by atoms with Crippen LogP contribution in [0, 0.1) is 0 Å². The molecule has 0 amide bonds. The first-order chi connectivity index (χ1) is 9.49.